The van der Waals surface area contributed by atoms with Crippen molar-refractivity contribution in [3.05, 3.63) is 12.3 Å². The van der Waals surface area contributed by atoms with E-state index in [1.807, 2.05) is 6.20 Å². The normalized spacial score (nSPS) is 24.8. The monoisotopic (exact) mass is 267 g/mol. The van der Waals surface area contributed by atoms with Gasteiger partial charge in [0, 0.05) is 49.8 Å². The first kappa shape index (κ1) is 12.3. The molecule has 0 bridgehead atoms. The van der Waals surface area contributed by atoms with Gasteiger partial charge < -0.3 is 16.0 Å². The zero-order valence-electron chi connectivity index (χ0n) is 10.6. The lowest BCUT2D eigenvalue weighted by molar-refractivity contribution is 0.321. The van der Waals surface area contributed by atoms with Crippen LogP contribution >= 0.6 is 11.8 Å². The minimum absolute atomic E-state index is 0.533. The van der Waals surface area contributed by atoms with Gasteiger partial charge in [0.2, 0.25) is 0 Å². The molecule has 5 nitrogen and oxygen atoms in total. The second kappa shape index (κ2) is 5.95. The van der Waals surface area contributed by atoms with Crippen molar-refractivity contribution in [3.8, 4) is 0 Å². The maximum atomic E-state index is 4.40. The quantitative estimate of drug-likeness (QED) is 0.727. The summed E-state index contributed by atoms with van der Waals surface area (Å²) in [5.74, 6) is 3.66. The van der Waals surface area contributed by atoms with Crippen LogP contribution in [0.1, 0.15) is 12.5 Å². The van der Waals surface area contributed by atoms with Crippen molar-refractivity contribution in [2.24, 2.45) is 0 Å². The van der Waals surface area contributed by atoms with Crippen LogP contribution in [-0.2, 0) is 0 Å². The fourth-order valence-electron chi connectivity index (χ4n) is 2.37. The van der Waals surface area contributed by atoms with Gasteiger partial charge in [0.15, 0.2) is 0 Å². The Balaban J connectivity index is 1.46. The van der Waals surface area contributed by atoms with Crippen LogP contribution < -0.4 is 16.0 Å². The van der Waals surface area contributed by atoms with E-state index in [-0.39, 0.29) is 0 Å². The SMILES string of the molecule is c1cc(NCCC2CSCCN2)n(C2CNC2)n1. The van der Waals surface area contributed by atoms with Crippen LogP contribution in [0, 0.1) is 0 Å². The van der Waals surface area contributed by atoms with Crippen molar-refractivity contribution in [1.29, 1.82) is 0 Å². The molecule has 0 saturated carbocycles. The van der Waals surface area contributed by atoms with E-state index < -0.39 is 0 Å². The molecule has 0 radical (unpaired) electrons. The van der Waals surface area contributed by atoms with Crippen molar-refractivity contribution in [2.45, 2.75) is 18.5 Å². The molecule has 100 valence electrons. The van der Waals surface area contributed by atoms with Crippen molar-refractivity contribution >= 4 is 17.6 Å². The van der Waals surface area contributed by atoms with Gasteiger partial charge in [-0.25, -0.2) is 4.68 Å². The number of rotatable bonds is 5. The van der Waals surface area contributed by atoms with Crippen LogP contribution in [0.4, 0.5) is 5.82 Å². The first-order valence-electron chi connectivity index (χ1n) is 6.73. The van der Waals surface area contributed by atoms with Gasteiger partial charge in [0.05, 0.1) is 12.2 Å². The maximum absolute atomic E-state index is 4.40. The zero-order chi connectivity index (χ0) is 12.2. The molecule has 0 aromatic carbocycles. The highest BCUT2D eigenvalue weighted by Gasteiger charge is 2.21. The third-order valence-corrected chi connectivity index (χ3v) is 4.70. The van der Waals surface area contributed by atoms with Gasteiger partial charge in [-0.3, -0.25) is 0 Å². The van der Waals surface area contributed by atoms with Crippen LogP contribution in [0.2, 0.25) is 0 Å². The van der Waals surface area contributed by atoms with Crippen LogP contribution in [0.5, 0.6) is 0 Å². The Kier molecular flexibility index (Phi) is 4.07. The molecule has 6 heteroatoms. The molecule has 3 N–H and O–H groups in total. The molecule has 1 unspecified atom stereocenters. The molecular formula is C12H21N5S. The number of thioether (sulfide) groups is 1. The Labute approximate surface area is 112 Å². The molecule has 0 aliphatic carbocycles. The predicted octanol–water partition coefficient (Wildman–Crippen LogP) is 0.534. The molecule has 2 aliphatic rings. The van der Waals surface area contributed by atoms with Crippen LogP contribution in [0.25, 0.3) is 0 Å². The van der Waals surface area contributed by atoms with Gasteiger partial charge in [0.25, 0.3) is 0 Å². The van der Waals surface area contributed by atoms with Gasteiger partial charge in [-0.1, -0.05) is 0 Å². The lowest BCUT2D eigenvalue weighted by Gasteiger charge is -2.29. The minimum Gasteiger partial charge on any atom is -0.370 e. The Morgan fingerprint density at radius 1 is 1.50 bits per heavy atom. The molecule has 3 rings (SSSR count). The van der Waals surface area contributed by atoms with E-state index in [1.54, 1.807) is 0 Å². The summed E-state index contributed by atoms with van der Waals surface area (Å²) in [6.07, 6.45) is 3.07. The summed E-state index contributed by atoms with van der Waals surface area (Å²) < 4.78 is 2.11. The highest BCUT2D eigenvalue weighted by molar-refractivity contribution is 7.99. The summed E-state index contributed by atoms with van der Waals surface area (Å²) in [4.78, 5) is 0. The third-order valence-electron chi connectivity index (χ3n) is 3.57. The number of nitrogens with one attached hydrogen (secondary N) is 3. The topological polar surface area (TPSA) is 53.9 Å². The van der Waals surface area contributed by atoms with E-state index >= 15 is 0 Å². The lowest BCUT2D eigenvalue weighted by Crippen LogP contribution is -2.44. The second-order valence-electron chi connectivity index (χ2n) is 4.91. The van der Waals surface area contributed by atoms with E-state index in [1.165, 1.54) is 17.9 Å². The fraction of sp³-hybridized carbons (Fsp3) is 0.750. The van der Waals surface area contributed by atoms with Gasteiger partial charge in [-0.05, 0) is 6.42 Å². The Hall–Kier alpha value is -0.720. The average molecular weight is 267 g/mol. The number of hydrogen-bond acceptors (Lipinski definition) is 5. The largest absolute Gasteiger partial charge is 0.370 e. The summed E-state index contributed by atoms with van der Waals surface area (Å²) in [7, 11) is 0. The molecular weight excluding hydrogens is 246 g/mol. The lowest BCUT2D eigenvalue weighted by atomic mass is 10.2. The smallest absolute Gasteiger partial charge is 0.124 e. The van der Waals surface area contributed by atoms with E-state index in [2.05, 4.69) is 43.6 Å². The summed E-state index contributed by atoms with van der Waals surface area (Å²) in [5, 5.41) is 14.8. The van der Waals surface area contributed by atoms with Crippen LogP contribution in [0.3, 0.4) is 0 Å². The van der Waals surface area contributed by atoms with Crippen molar-refractivity contribution in [3.63, 3.8) is 0 Å². The third kappa shape index (κ3) is 2.81. The van der Waals surface area contributed by atoms with E-state index in [4.69, 9.17) is 0 Å². The number of anilines is 1. The van der Waals surface area contributed by atoms with Gasteiger partial charge in [-0.2, -0.15) is 16.9 Å². The molecule has 1 aromatic heterocycles. The Morgan fingerprint density at radius 2 is 2.44 bits per heavy atom. The fourth-order valence-corrected chi connectivity index (χ4v) is 3.37. The minimum atomic E-state index is 0.533. The summed E-state index contributed by atoms with van der Waals surface area (Å²) >= 11 is 2.06. The molecule has 3 heterocycles. The maximum Gasteiger partial charge on any atom is 0.124 e. The first-order valence-corrected chi connectivity index (χ1v) is 7.88. The summed E-state index contributed by atoms with van der Waals surface area (Å²) in [6, 6.07) is 3.27. The predicted molar refractivity (Wildman–Crippen MR) is 76.4 cm³/mol. The first-order chi connectivity index (χ1) is 8.93. The van der Waals surface area contributed by atoms with Crippen LogP contribution in [0.15, 0.2) is 12.3 Å². The molecule has 0 amide bonds. The van der Waals surface area contributed by atoms with E-state index in [9.17, 15) is 0 Å². The number of aromatic nitrogens is 2. The second-order valence-corrected chi connectivity index (χ2v) is 6.06. The molecule has 1 aromatic rings. The van der Waals surface area contributed by atoms with E-state index in [0.717, 1.165) is 32.0 Å². The zero-order valence-corrected chi connectivity index (χ0v) is 11.4. The number of hydrogen-bond donors (Lipinski definition) is 3. The van der Waals surface area contributed by atoms with Crippen molar-refractivity contribution in [2.75, 3.05) is 43.0 Å². The van der Waals surface area contributed by atoms with Crippen molar-refractivity contribution in [1.82, 2.24) is 20.4 Å². The van der Waals surface area contributed by atoms with Gasteiger partial charge in [0.1, 0.15) is 5.82 Å². The molecule has 1 atom stereocenters. The number of nitrogens with zero attached hydrogens (tertiary/aromatic N) is 2. The standard InChI is InChI=1S/C12H21N5S/c1(10-9-18-6-5-14-10)3-15-12-2-4-16-17(12)11-7-13-8-11/h2,4,10-11,13-15H,1,3,5-9H2. The highest BCUT2D eigenvalue weighted by Crippen LogP contribution is 2.17. The summed E-state index contributed by atoms with van der Waals surface area (Å²) in [5.41, 5.74) is 0. The van der Waals surface area contributed by atoms with Crippen LogP contribution in [-0.4, -0.2) is 53.5 Å². The van der Waals surface area contributed by atoms with Gasteiger partial charge in [-0.15, -0.1) is 0 Å². The molecule has 2 aliphatic heterocycles. The average Bonchev–Trinajstić information content (AvgIpc) is 2.77. The molecule has 2 saturated heterocycles. The van der Waals surface area contributed by atoms with E-state index in [0.29, 0.717) is 12.1 Å². The highest BCUT2D eigenvalue weighted by atomic mass is 32.2. The molecule has 0 spiro atoms. The molecule has 18 heavy (non-hydrogen) atoms. The summed E-state index contributed by atoms with van der Waals surface area (Å²) in [6.45, 7) is 4.25. The van der Waals surface area contributed by atoms with Gasteiger partial charge >= 0.3 is 0 Å². The Morgan fingerprint density at radius 3 is 3.17 bits per heavy atom. The Bertz CT molecular complexity index is 370. The molecule has 2 fully saturated rings. The van der Waals surface area contributed by atoms with Crippen molar-refractivity contribution < 1.29 is 0 Å².